The van der Waals surface area contributed by atoms with E-state index in [9.17, 15) is 0 Å². The molecule has 4 heteroatoms. The van der Waals surface area contributed by atoms with Gasteiger partial charge in [0.1, 0.15) is 0 Å². The average Bonchev–Trinajstić information content (AvgIpc) is 2.83. The van der Waals surface area contributed by atoms with Crippen LogP contribution in [0.15, 0.2) is 0 Å². The van der Waals surface area contributed by atoms with Gasteiger partial charge in [-0.2, -0.15) is 5.10 Å². The molecule has 0 aliphatic carbocycles. The van der Waals surface area contributed by atoms with Crippen molar-refractivity contribution in [3.63, 3.8) is 0 Å². The van der Waals surface area contributed by atoms with E-state index >= 15 is 0 Å². The van der Waals surface area contributed by atoms with Crippen molar-refractivity contribution < 1.29 is 0 Å². The zero-order valence-electron chi connectivity index (χ0n) is 11.5. The molecule has 0 unspecified atom stereocenters. The van der Waals surface area contributed by atoms with Crippen molar-refractivity contribution >= 4 is 0 Å². The van der Waals surface area contributed by atoms with Crippen LogP contribution in [0.25, 0.3) is 0 Å². The average molecular weight is 236 g/mol. The molecule has 0 aromatic carbocycles. The minimum atomic E-state index is 0.678. The van der Waals surface area contributed by atoms with Crippen LogP contribution in [-0.4, -0.2) is 40.9 Å². The van der Waals surface area contributed by atoms with Crippen LogP contribution in [0.4, 0.5) is 0 Å². The first-order valence-electron chi connectivity index (χ1n) is 6.49. The van der Waals surface area contributed by atoms with Gasteiger partial charge in [0, 0.05) is 37.4 Å². The molecule has 1 aliphatic rings. The highest BCUT2D eigenvalue weighted by molar-refractivity contribution is 5.24. The molecule has 0 spiro atoms. The smallest absolute Gasteiger partial charge is 0.0641 e. The van der Waals surface area contributed by atoms with Crippen LogP contribution in [0, 0.1) is 13.8 Å². The summed E-state index contributed by atoms with van der Waals surface area (Å²) >= 11 is 0. The summed E-state index contributed by atoms with van der Waals surface area (Å²) in [6.45, 7) is 7.57. The number of likely N-dealkylation sites (N-methyl/N-ethyl adjacent to an activating group) is 1. The lowest BCUT2D eigenvalue weighted by atomic mass is 10.1. The molecular formula is C13H24N4. The van der Waals surface area contributed by atoms with E-state index in [1.54, 1.807) is 0 Å². The minimum Gasteiger partial charge on any atom is -0.313 e. The van der Waals surface area contributed by atoms with Crippen LogP contribution in [0.2, 0.25) is 0 Å². The van der Waals surface area contributed by atoms with Gasteiger partial charge in [-0.1, -0.05) is 0 Å². The van der Waals surface area contributed by atoms with E-state index in [0.717, 1.165) is 18.8 Å². The second kappa shape index (κ2) is 5.19. The fourth-order valence-electron chi connectivity index (χ4n) is 2.67. The number of nitrogens with zero attached hydrogens (tertiary/aromatic N) is 3. The Morgan fingerprint density at radius 2 is 2.24 bits per heavy atom. The Hall–Kier alpha value is -0.870. The summed E-state index contributed by atoms with van der Waals surface area (Å²) in [7, 11) is 4.22. The summed E-state index contributed by atoms with van der Waals surface area (Å²) in [6, 6.07) is 0.678. The lowest BCUT2D eigenvalue weighted by Crippen LogP contribution is -2.35. The Labute approximate surface area is 104 Å². The standard InChI is InChI=1S/C13H24N4/c1-10-13(11(2)17(4)15-10)9-16(3)8-12-6-5-7-14-12/h12,14H,5-9H2,1-4H3/t12-/m1/s1. The third kappa shape index (κ3) is 2.87. The summed E-state index contributed by atoms with van der Waals surface area (Å²) in [5.41, 5.74) is 3.83. The van der Waals surface area contributed by atoms with Gasteiger partial charge in [0.2, 0.25) is 0 Å². The van der Waals surface area contributed by atoms with E-state index in [4.69, 9.17) is 0 Å². The number of aryl methyl sites for hydroxylation is 2. The predicted molar refractivity (Wildman–Crippen MR) is 70.0 cm³/mol. The van der Waals surface area contributed by atoms with Gasteiger partial charge in [-0.25, -0.2) is 0 Å². The number of hydrogen-bond acceptors (Lipinski definition) is 3. The molecule has 1 N–H and O–H groups in total. The van der Waals surface area contributed by atoms with E-state index in [2.05, 4.69) is 36.2 Å². The predicted octanol–water partition coefficient (Wildman–Crippen LogP) is 1.22. The number of hydrogen-bond donors (Lipinski definition) is 1. The first-order chi connectivity index (χ1) is 8.08. The Bertz CT molecular complexity index is 377. The zero-order chi connectivity index (χ0) is 12.4. The number of nitrogens with one attached hydrogen (secondary N) is 1. The van der Waals surface area contributed by atoms with Crippen molar-refractivity contribution in [1.29, 1.82) is 0 Å². The van der Waals surface area contributed by atoms with Gasteiger partial charge in [0.15, 0.2) is 0 Å². The Balaban J connectivity index is 1.95. The largest absolute Gasteiger partial charge is 0.313 e. The van der Waals surface area contributed by atoms with E-state index in [-0.39, 0.29) is 0 Å². The summed E-state index contributed by atoms with van der Waals surface area (Å²) in [5, 5.41) is 8.02. The molecule has 17 heavy (non-hydrogen) atoms. The normalized spacial score (nSPS) is 20.4. The van der Waals surface area contributed by atoms with Gasteiger partial charge >= 0.3 is 0 Å². The molecule has 1 fully saturated rings. The molecule has 0 radical (unpaired) electrons. The molecule has 1 aromatic rings. The van der Waals surface area contributed by atoms with Crippen LogP contribution in [-0.2, 0) is 13.6 Å². The van der Waals surface area contributed by atoms with Gasteiger partial charge in [-0.05, 0) is 40.3 Å². The van der Waals surface area contributed by atoms with Crippen LogP contribution in [0.3, 0.4) is 0 Å². The summed E-state index contributed by atoms with van der Waals surface area (Å²) < 4.78 is 1.98. The molecule has 0 amide bonds. The van der Waals surface area contributed by atoms with E-state index in [1.807, 2.05) is 11.7 Å². The van der Waals surface area contributed by atoms with Gasteiger partial charge in [-0.15, -0.1) is 0 Å². The molecule has 4 nitrogen and oxygen atoms in total. The number of rotatable bonds is 4. The molecule has 1 atom stereocenters. The maximum absolute atomic E-state index is 4.47. The molecule has 96 valence electrons. The maximum Gasteiger partial charge on any atom is 0.0641 e. The molecular weight excluding hydrogens is 212 g/mol. The van der Waals surface area contributed by atoms with Crippen molar-refractivity contribution in [2.75, 3.05) is 20.1 Å². The fraction of sp³-hybridized carbons (Fsp3) is 0.769. The van der Waals surface area contributed by atoms with Gasteiger partial charge < -0.3 is 10.2 Å². The number of aromatic nitrogens is 2. The molecule has 2 heterocycles. The maximum atomic E-state index is 4.47. The summed E-state index contributed by atoms with van der Waals surface area (Å²) in [4.78, 5) is 2.40. The van der Waals surface area contributed by atoms with E-state index in [1.165, 1.54) is 30.6 Å². The monoisotopic (exact) mass is 236 g/mol. The molecule has 1 aliphatic heterocycles. The van der Waals surface area contributed by atoms with Crippen molar-refractivity contribution in [2.24, 2.45) is 7.05 Å². The first-order valence-corrected chi connectivity index (χ1v) is 6.49. The van der Waals surface area contributed by atoms with Gasteiger partial charge in [0.25, 0.3) is 0 Å². The third-order valence-electron chi connectivity index (χ3n) is 3.78. The van der Waals surface area contributed by atoms with Crippen molar-refractivity contribution in [2.45, 2.75) is 39.3 Å². The summed E-state index contributed by atoms with van der Waals surface area (Å²) in [5.74, 6) is 0. The molecule has 1 aromatic heterocycles. The van der Waals surface area contributed by atoms with Gasteiger partial charge in [-0.3, -0.25) is 4.68 Å². The SMILES string of the molecule is Cc1nn(C)c(C)c1CN(C)C[C@H]1CCCN1. The minimum absolute atomic E-state index is 0.678. The second-order valence-electron chi connectivity index (χ2n) is 5.26. The fourth-order valence-corrected chi connectivity index (χ4v) is 2.67. The Kier molecular flexibility index (Phi) is 3.84. The van der Waals surface area contributed by atoms with E-state index in [0.29, 0.717) is 6.04 Å². The van der Waals surface area contributed by atoms with Gasteiger partial charge in [0.05, 0.1) is 5.69 Å². The molecule has 0 bridgehead atoms. The Morgan fingerprint density at radius 1 is 1.47 bits per heavy atom. The lowest BCUT2D eigenvalue weighted by molar-refractivity contribution is 0.292. The molecule has 0 saturated carbocycles. The lowest BCUT2D eigenvalue weighted by Gasteiger charge is -2.21. The highest BCUT2D eigenvalue weighted by atomic mass is 15.3. The van der Waals surface area contributed by atoms with Crippen LogP contribution >= 0.6 is 0 Å². The highest BCUT2D eigenvalue weighted by Crippen LogP contribution is 2.15. The van der Waals surface area contributed by atoms with Crippen molar-refractivity contribution in [3.8, 4) is 0 Å². The Morgan fingerprint density at radius 3 is 2.76 bits per heavy atom. The third-order valence-corrected chi connectivity index (χ3v) is 3.78. The zero-order valence-corrected chi connectivity index (χ0v) is 11.5. The van der Waals surface area contributed by atoms with E-state index < -0.39 is 0 Å². The summed E-state index contributed by atoms with van der Waals surface area (Å²) in [6.07, 6.45) is 2.64. The molecule has 1 saturated heterocycles. The van der Waals surface area contributed by atoms with Crippen molar-refractivity contribution in [3.05, 3.63) is 17.0 Å². The highest BCUT2D eigenvalue weighted by Gasteiger charge is 2.17. The first kappa shape index (κ1) is 12.6. The topological polar surface area (TPSA) is 33.1 Å². The van der Waals surface area contributed by atoms with Crippen LogP contribution in [0.5, 0.6) is 0 Å². The molecule has 2 rings (SSSR count). The van der Waals surface area contributed by atoms with Crippen molar-refractivity contribution in [1.82, 2.24) is 20.0 Å². The van der Waals surface area contributed by atoms with Crippen LogP contribution in [0.1, 0.15) is 29.8 Å². The van der Waals surface area contributed by atoms with Crippen LogP contribution < -0.4 is 5.32 Å². The quantitative estimate of drug-likeness (QED) is 0.853. The second-order valence-corrected chi connectivity index (χ2v) is 5.26.